The number of hydrogen-bond acceptors (Lipinski definition) is 3. The molecule has 1 aliphatic rings. The zero-order chi connectivity index (χ0) is 13.1. The van der Waals surface area contributed by atoms with Gasteiger partial charge in [0.1, 0.15) is 0 Å². The van der Waals surface area contributed by atoms with E-state index in [9.17, 15) is 8.78 Å². The third kappa shape index (κ3) is 2.40. The van der Waals surface area contributed by atoms with Gasteiger partial charge in [-0.25, -0.2) is 13.8 Å². The molecule has 3 nitrogen and oxygen atoms in total. The molecule has 0 saturated carbocycles. The van der Waals surface area contributed by atoms with Gasteiger partial charge in [-0.15, -0.1) is 0 Å². The van der Waals surface area contributed by atoms with Gasteiger partial charge in [0, 0.05) is 25.2 Å². The Morgan fingerprint density at radius 3 is 2.83 bits per heavy atom. The van der Waals surface area contributed by atoms with Gasteiger partial charge in [0.2, 0.25) is 0 Å². The molecule has 0 radical (unpaired) electrons. The minimum atomic E-state index is -0.634. The van der Waals surface area contributed by atoms with Gasteiger partial charge >= 0.3 is 0 Å². The molecule has 1 atom stereocenters. The summed E-state index contributed by atoms with van der Waals surface area (Å²) in [6.45, 7) is 5.29. The Balaban J connectivity index is 2.34. The number of pyridine rings is 1. The van der Waals surface area contributed by atoms with E-state index < -0.39 is 11.6 Å². The molecule has 1 fully saturated rings. The summed E-state index contributed by atoms with van der Waals surface area (Å²) in [7, 11) is 0. The van der Waals surface area contributed by atoms with Crippen LogP contribution in [0, 0.1) is 11.6 Å². The number of nitrogens with one attached hydrogen (secondary N) is 1. The molecule has 1 aliphatic heterocycles. The summed E-state index contributed by atoms with van der Waals surface area (Å²) in [4.78, 5) is 6.06. The average Bonchev–Trinajstić information content (AvgIpc) is 2.80. The fourth-order valence-electron chi connectivity index (χ4n) is 2.49. The molecule has 1 aromatic heterocycles. The molecule has 1 aromatic rings. The average molecular weight is 255 g/mol. The molecule has 1 unspecified atom stereocenters. The highest BCUT2D eigenvalue weighted by Gasteiger charge is 2.27. The molecule has 100 valence electrons. The highest BCUT2D eigenvalue weighted by atomic mass is 19.1. The van der Waals surface area contributed by atoms with Gasteiger partial charge in [-0.05, 0) is 26.2 Å². The van der Waals surface area contributed by atoms with Crippen LogP contribution in [0.2, 0.25) is 0 Å². The molecule has 0 amide bonds. The summed E-state index contributed by atoms with van der Waals surface area (Å²) < 4.78 is 27.4. The fourth-order valence-corrected chi connectivity index (χ4v) is 2.49. The summed E-state index contributed by atoms with van der Waals surface area (Å²) in [5, 5.41) is 2.82. The lowest BCUT2D eigenvalue weighted by molar-refractivity contribution is 0.560. The third-order valence-electron chi connectivity index (χ3n) is 3.38. The Labute approximate surface area is 106 Å². The predicted molar refractivity (Wildman–Crippen MR) is 69.0 cm³/mol. The Morgan fingerprint density at radius 1 is 1.39 bits per heavy atom. The largest absolute Gasteiger partial charge is 0.368 e. The van der Waals surface area contributed by atoms with E-state index in [0.717, 1.165) is 31.9 Å². The number of rotatable bonds is 4. The van der Waals surface area contributed by atoms with Crippen molar-refractivity contribution in [3.8, 4) is 0 Å². The Bertz CT molecular complexity index is 423. The SMILES string of the molecule is CCNc1nc(N2CCCC2CC)c(F)cc1F. The van der Waals surface area contributed by atoms with Crippen molar-refractivity contribution in [3.63, 3.8) is 0 Å². The first-order valence-corrected chi connectivity index (χ1v) is 6.53. The lowest BCUT2D eigenvalue weighted by Crippen LogP contribution is -2.30. The number of nitrogens with zero attached hydrogens (tertiary/aromatic N) is 2. The second-order valence-corrected chi connectivity index (χ2v) is 4.55. The Kier molecular flexibility index (Phi) is 3.99. The van der Waals surface area contributed by atoms with Crippen molar-refractivity contribution in [2.24, 2.45) is 0 Å². The van der Waals surface area contributed by atoms with E-state index in [1.54, 1.807) is 0 Å². The van der Waals surface area contributed by atoms with Gasteiger partial charge in [-0.3, -0.25) is 0 Å². The van der Waals surface area contributed by atoms with Crippen LogP contribution in [0.4, 0.5) is 20.4 Å². The number of anilines is 2. The van der Waals surface area contributed by atoms with E-state index >= 15 is 0 Å². The maximum Gasteiger partial charge on any atom is 0.168 e. The Hall–Kier alpha value is -1.39. The molecular formula is C13H19F2N3. The van der Waals surface area contributed by atoms with Crippen LogP contribution in [0.15, 0.2) is 6.07 Å². The zero-order valence-corrected chi connectivity index (χ0v) is 10.8. The molecular weight excluding hydrogens is 236 g/mol. The maximum absolute atomic E-state index is 13.9. The van der Waals surface area contributed by atoms with E-state index in [-0.39, 0.29) is 11.6 Å². The van der Waals surface area contributed by atoms with E-state index in [4.69, 9.17) is 0 Å². The first-order valence-electron chi connectivity index (χ1n) is 6.53. The van der Waals surface area contributed by atoms with Gasteiger partial charge in [0.25, 0.3) is 0 Å². The lowest BCUT2D eigenvalue weighted by atomic mass is 10.2. The van der Waals surface area contributed by atoms with Crippen molar-refractivity contribution in [1.82, 2.24) is 4.98 Å². The van der Waals surface area contributed by atoms with Crippen molar-refractivity contribution < 1.29 is 8.78 Å². The van der Waals surface area contributed by atoms with Gasteiger partial charge in [-0.1, -0.05) is 6.92 Å². The first-order chi connectivity index (χ1) is 8.67. The smallest absolute Gasteiger partial charge is 0.168 e. The van der Waals surface area contributed by atoms with Gasteiger partial charge < -0.3 is 10.2 Å². The zero-order valence-electron chi connectivity index (χ0n) is 10.8. The van der Waals surface area contributed by atoms with Crippen LogP contribution >= 0.6 is 0 Å². The van der Waals surface area contributed by atoms with Crippen LogP contribution in [0.3, 0.4) is 0 Å². The summed E-state index contributed by atoms with van der Waals surface area (Å²) in [5.41, 5.74) is 0. The topological polar surface area (TPSA) is 28.2 Å². The van der Waals surface area contributed by atoms with Gasteiger partial charge in [0.05, 0.1) is 0 Å². The fraction of sp³-hybridized carbons (Fsp3) is 0.615. The van der Waals surface area contributed by atoms with E-state index in [0.29, 0.717) is 12.6 Å². The second kappa shape index (κ2) is 5.50. The third-order valence-corrected chi connectivity index (χ3v) is 3.38. The molecule has 1 saturated heterocycles. The van der Waals surface area contributed by atoms with Crippen molar-refractivity contribution in [2.75, 3.05) is 23.3 Å². The van der Waals surface area contributed by atoms with Gasteiger partial charge in [0.15, 0.2) is 23.3 Å². The lowest BCUT2D eigenvalue weighted by Gasteiger charge is -2.25. The predicted octanol–water partition coefficient (Wildman–Crippen LogP) is 3.17. The molecule has 0 spiro atoms. The van der Waals surface area contributed by atoms with Crippen molar-refractivity contribution in [1.29, 1.82) is 0 Å². The molecule has 5 heteroatoms. The van der Waals surface area contributed by atoms with E-state index in [1.807, 2.05) is 11.8 Å². The molecule has 2 heterocycles. The summed E-state index contributed by atoms with van der Waals surface area (Å²) in [5.74, 6) is -0.799. The number of hydrogen-bond donors (Lipinski definition) is 1. The van der Waals surface area contributed by atoms with E-state index in [1.165, 1.54) is 0 Å². The van der Waals surface area contributed by atoms with Crippen LogP contribution in [0.5, 0.6) is 0 Å². The van der Waals surface area contributed by atoms with Crippen LogP contribution in [0.25, 0.3) is 0 Å². The quantitative estimate of drug-likeness (QED) is 0.895. The second-order valence-electron chi connectivity index (χ2n) is 4.55. The van der Waals surface area contributed by atoms with Crippen molar-refractivity contribution in [3.05, 3.63) is 17.7 Å². The summed E-state index contributed by atoms with van der Waals surface area (Å²) in [6, 6.07) is 1.23. The van der Waals surface area contributed by atoms with Crippen molar-refractivity contribution >= 4 is 11.6 Å². The maximum atomic E-state index is 13.9. The van der Waals surface area contributed by atoms with Crippen LogP contribution in [0.1, 0.15) is 33.1 Å². The molecule has 2 rings (SSSR count). The number of aromatic nitrogens is 1. The normalized spacial score (nSPS) is 19.3. The molecule has 1 N–H and O–H groups in total. The molecule has 18 heavy (non-hydrogen) atoms. The van der Waals surface area contributed by atoms with E-state index in [2.05, 4.69) is 17.2 Å². The minimum absolute atomic E-state index is 0.135. The van der Waals surface area contributed by atoms with Crippen LogP contribution in [-0.2, 0) is 0 Å². The monoisotopic (exact) mass is 255 g/mol. The summed E-state index contributed by atoms with van der Waals surface area (Å²) >= 11 is 0. The molecule has 0 bridgehead atoms. The molecule has 0 aromatic carbocycles. The highest BCUT2D eigenvalue weighted by Crippen LogP contribution is 2.29. The number of halogens is 2. The van der Waals surface area contributed by atoms with Gasteiger partial charge in [-0.2, -0.15) is 0 Å². The molecule has 0 aliphatic carbocycles. The Morgan fingerprint density at radius 2 is 2.17 bits per heavy atom. The standard InChI is InChI=1S/C13H19F2N3/c1-3-9-6-5-7-18(9)13-11(15)8-10(14)12(17-13)16-4-2/h8-9H,3-7H2,1-2H3,(H,16,17). The van der Waals surface area contributed by atoms with Crippen LogP contribution in [-0.4, -0.2) is 24.1 Å². The van der Waals surface area contributed by atoms with Crippen molar-refractivity contribution in [2.45, 2.75) is 39.2 Å². The highest BCUT2D eigenvalue weighted by molar-refractivity contribution is 5.50. The van der Waals surface area contributed by atoms with Crippen LogP contribution < -0.4 is 10.2 Å². The minimum Gasteiger partial charge on any atom is -0.368 e. The summed E-state index contributed by atoms with van der Waals surface area (Å²) in [6.07, 6.45) is 3.04. The first kappa shape index (κ1) is 13.1.